The van der Waals surface area contributed by atoms with Crippen LogP contribution in [-0.2, 0) is 16.2 Å². The van der Waals surface area contributed by atoms with Gasteiger partial charge in [-0.05, 0) is 30.5 Å². The third-order valence-corrected chi connectivity index (χ3v) is 6.14. The largest absolute Gasteiger partial charge is 0.445 e. The standard InChI is InChI=1S/C22H23N3O3/c26-21(27-16-17-6-2-1-3-7-17)24-14-11-22(12-15-24)18-9-10-19(22)28-25(18)20-8-4-5-13-23-20/h1-10,13,18-19H,11-12,14-16H2. The maximum absolute atomic E-state index is 12.5. The van der Waals surface area contributed by atoms with Gasteiger partial charge in [0.25, 0.3) is 0 Å². The van der Waals surface area contributed by atoms with Crippen LogP contribution in [0.25, 0.3) is 0 Å². The van der Waals surface area contributed by atoms with Gasteiger partial charge in [-0.15, -0.1) is 0 Å². The fourth-order valence-electron chi connectivity index (χ4n) is 4.57. The number of benzene rings is 1. The molecular formula is C22H23N3O3. The smallest absolute Gasteiger partial charge is 0.410 e. The van der Waals surface area contributed by atoms with Crippen LogP contribution in [-0.4, -0.2) is 41.2 Å². The second-order valence-electron chi connectivity index (χ2n) is 7.63. The first-order valence-electron chi connectivity index (χ1n) is 9.77. The number of carbonyl (C=O) groups excluding carboxylic acids is 1. The number of aromatic nitrogens is 1. The van der Waals surface area contributed by atoms with Gasteiger partial charge in [0.2, 0.25) is 0 Å². The van der Waals surface area contributed by atoms with Gasteiger partial charge in [0, 0.05) is 24.7 Å². The summed E-state index contributed by atoms with van der Waals surface area (Å²) in [6, 6.07) is 15.8. The summed E-state index contributed by atoms with van der Waals surface area (Å²) >= 11 is 0. The molecule has 1 spiro atoms. The predicted molar refractivity (Wildman–Crippen MR) is 104 cm³/mol. The summed E-state index contributed by atoms with van der Waals surface area (Å²) in [4.78, 5) is 24.9. The van der Waals surface area contributed by atoms with E-state index in [0.717, 1.165) is 24.2 Å². The van der Waals surface area contributed by atoms with Crippen LogP contribution in [0.4, 0.5) is 10.6 Å². The topological polar surface area (TPSA) is 54.9 Å². The molecule has 2 bridgehead atoms. The Morgan fingerprint density at radius 3 is 2.64 bits per heavy atom. The summed E-state index contributed by atoms with van der Waals surface area (Å²) in [6.07, 6.45) is 7.76. The highest BCUT2D eigenvalue weighted by Crippen LogP contribution is 2.52. The molecule has 2 saturated heterocycles. The zero-order valence-electron chi connectivity index (χ0n) is 15.6. The molecule has 0 saturated carbocycles. The number of piperidine rings is 1. The van der Waals surface area contributed by atoms with Gasteiger partial charge >= 0.3 is 6.09 Å². The minimum absolute atomic E-state index is 0.00767. The third-order valence-electron chi connectivity index (χ3n) is 6.14. The lowest BCUT2D eigenvalue weighted by Crippen LogP contribution is -2.49. The Balaban J connectivity index is 1.22. The van der Waals surface area contributed by atoms with E-state index >= 15 is 0 Å². The minimum atomic E-state index is -0.237. The number of amides is 1. The summed E-state index contributed by atoms with van der Waals surface area (Å²) < 4.78 is 5.50. The highest BCUT2D eigenvalue weighted by Gasteiger charge is 2.58. The van der Waals surface area contributed by atoms with Crippen LogP contribution in [0.2, 0.25) is 0 Å². The fraction of sp³-hybridized carbons (Fsp3) is 0.364. The van der Waals surface area contributed by atoms with Crippen molar-refractivity contribution in [3.8, 4) is 0 Å². The number of likely N-dealkylation sites (tertiary alicyclic amines) is 1. The molecule has 2 unspecified atom stereocenters. The van der Waals surface area contributed by atoms with E-state index < -0.39 is 0 Å². The highest BCUT2D eigenvalue weighted by atomic mass is 16.7. The molecule has 144 valence electrons. The van der Waals surface area contributed by atoms with Crippen LogP contribution in [0.5, 0.6) is 0 Å². The van der Waals surface area contributed by atoms with Crippen LogP contribution in [0.15, 0.2) is 66.9 Å². The first-order chi connectivity index (χ1) is 13.8. The number of anilines is 1. The normalized spacial score (nSPS) is 24.7. The first-order valence-corrected chi connectivity index (χ1v) is 9.77. The summed E-state index contributed by atoms with van der Waals surface area (Å²) in [5.74, 6) is 0.837. The SMILES string of the molecule is O=C(OCc1ccccc1)N1CCC2(CC1)C1C=CC2N(c2ccccn2)O1. The number of hydroxylamine groups is 1. The number of hydrogen-bond acceptors (Lipinski definition) is 5. The van der Waals surface area contributed by atoms with Crippen molar-refractivity contribution in [3.05, 3.63) is 72.4 Å². The molecule has 5 rings (SSSR count). The Morgan fingerprint density at radius 2 is 1.89 bits per heavy atom. The number of pyridine rings is 1. The van der Waals surface area contributed by atoms with Crippen molar-refractivity contribution >= 4 is 11.9 Å². The van der Waals surface area contributed by atoms with Gasteiger partial charge in [-0.3, -0.25) is 4.84 Å². The Labute approximate surface area is 164 Å². The van der Waals surface area contributed by atoms with Crippen LogP contribution in [0.3, 0.4) is 0 Å². The van der Waals surface area contributed by atoms with Gasteiger partial charge in [0.05, 0.1) is 6.04 Å². The molecule has 1 aromatic carbocycles. The molecule has 2 atom stereocenters. The summed E-state index contributed by atoms with van der Waals surface area (Å²) in [6.45, 7) is 1.67. The van der Waals surface area contributed by atoms with Crippen LogP contribution in [0, 0.1) is 5.41 Å². The van der Waals surface area contributed by atoms with Gasteiger partial charge in [0.1, 0.15) is 12.7 Å². The molecule has 1 aromatic heterocycles. The molecule has 2 fully saturated rings. The third kappa shape index (κ3) is 2.85. The molecular weight excluding hydrogens is 354 g/mol. The number of carbonyl (C=O) groups is 1. The van der Waals surface area contributed by atoms with Crippen molar-refractivity contribution < 1.29 is 14.4 Å². The maximum Gasteiger partial charge on any atom is 0.410 e. The second-order valence-corrected chi connectivity index (χ2v) is 7.63. The number of ether oxygens (including phenoxy) is 1. The zero-order chi connectivity index (χ0) is 19.0. The Kier molecular flexibility index (Phi) is 4.28. The molecule has 6 heteroatoms. The lowest BCUT2D eigenvalue weighted by molar-refractivity contribution is 0.0276. The van der Waals surface area contributed by atoms with Gasteiger partial charge < -0.3 is 9.64 Å². The molecule has 1 amide bonds. The lowest BCUT2D eigenvalue weighted by Gasteiger charge is -2.40. The monoisotopic (exact) mass is 377 g/mol. The summed E-state index contributed by atoms with van der Waals surface area (Å²) in [5.41, 5.74) is 1.01. The summed E-state index contributed by atoms with van der Waals surface area (Å²) in [7, 11) is 0. The second kappa shape index (κ2) is 6.95. The van der Waals surface area contributed by atoms with E-state index in [1.807, 2.05) is 58.5 Å². The van der Waals surface area contributed by atoms with Crippen molar-refractivity contribution in [1.82, 2.24) is 9.88 Å². The van der Waals surface area contributed by atoms with Crippen LogP contribution in [0.1, 0.15) is 18.4 Å². The fourth-order valence-corrected chi connectivity index (χ4v) is 4.57. The molecule has 6 nitrogen and oxygen atoms in total. The molecule has 3 aliphatic rings. The van der Waals surface area contributed by atoms with Crippen LogP contribution >= 0.6 is 0 Å². The molecule has 0 radical (unpaired) electrons. The molecule has 2 aromatic rings. The molecule has 2 aliphatic heterocycles. The average Bonchev–Trinajstić information content (AvgIpc) is 3.25. The summed E-state index contributed by atoms with van der Waals surface area (Å²) in [5, 5.41) is 1.94. The van der Waals surface area contributed by atoms with E-state index in [1.54, 1.807) is 6.20 Å². The number of rotatable bonds is 3. The number of hydrogen-bond donors (Lipinski definition) is 0. The molecule has 0 N–H and O–H groups in total. The van der Waals surface area contributed by atoms with E-state index in [2.05, 4.69) is 17.1 Å². The quantitative estimate of drug-likeness (QED) is 0.766. The van der Waals surface area contributed by atoms with E-state index in [9.17, 15) is 4.79 Å². The Hall–Kier alpha value is -2.86. The lowest BCUT2D eigenvalue weighted by atomic mass is 9.72. The van der Waals surface area contributed by atoms with Gasteiger partial charge in [-0.1, -0.05) is 48.6 Å². The predicted octanol–water partition coefficient (Wildman–Crippen LogP) is 3.56. The van der Waals surface area contributed by atoms with E-state index in [1.165, 1.54) is 0 Å². The Morgan fingerprint density at radius 1 is 1.11 bits per heavy atom. The maximum atomic E-state index is 12.5. The first kappa shape index (κ1) is 17.3. The molecule has 28 heavy (non-hydrogen) atoms. The van der Waals surface area contributed by atoms with E-state index in [-0.39, 0.29) is 23.7 Å². The van der Waals surface area contributed by atoms with Crippen molar-refractivity contribution in [2.75, 3.05) is 18.2 Å². The van der Waals surface area contributed by atoms with E-state index in [0.29, 0.717) is 19.7 Å². The molecule has 1 aliphatic carbocycles. The van der Waals surface area contributed by atoms with Crippen molar-refractivity contribution in [2.24, 2.45) is 5.41 Å². The van der Waals surface area contributed by atoms with Gasteiger partial charge in [-0.25, -0.2) is 14.8 Å². The number of nitrogens with zero attached hydrogens (tertiary/aromatic N) is 3. The van der Waals surface area contributed by atoms with Gasteiger partial charge in [-0.2, -0.15) is 0 Å². The minimum Gasteiger partial charge on any atom is -0.445 e. The molecule has 3 heterocycles. The highest BCUT2D eigenvalue weighted by molar-refractivity contribution is 5.67. The van der Waals surface area contributed by atoms with Crippen molar-refractivity contribution in [1.29, 1.82) is 0 Å². The van der Waals surface area contributed by atoms with Gasteiger partial charge in [0.15, 0.2) is 5.82 Å². The average molecular weight is 377 g/mol. The van der Waals surface area contributed by atoms with E-state index in [4.69, 9.17) is 9.57 Å². The zero-order valence-corrected chi connectivity index (χ0v) is 15.6. The van der Waals surface area contributed by atoms with Crippen molar-refractivity contribution in [3.63, 3.8) is 0 Å². The van der Waals surface area contributed by atoms with Crippen LogP contribution < -0.4 is 5.06 Å². The Bertz CT molecular complexity index is 863. The van der Waals surface area contributed by atoms with Crippen molar-refractivity contribution in [2.45, 2.75) is 31.6 Å².